The average molecular weight is 376 g/mol. The number of hydrogen-bond donors (Lipinski definition) is 0. The van der Waals surface area contributed by atoms with Gasteiger partial charge in [-0.05, 0) is 49.2 Å². The summed E-state index contributed by atoms with van der Waals surface area (Å²) in [6.07, 6.45) is 0.925. The standard InChI is InChI=1S/C23H24N2O3/c1-4-16-8-9-22-20(11-16)21(10-15(2)24-22)23(26)25-13-19(14-25)28-18-7-5-6-17(12-18)27-3/h5-12,19H,4,13-14H2,1-3H3. The van der Waals surface area contributed by atoms with Gasteiger partial charge in [0.2, 0.25) is 0 Å². The van der Waals surface area contributed by atoms with Crippen molar-refractivity contribution in [1.29, 1.82) is 0 Å². The van der Waals surface area contributed by atoms with Gasteiger partial charge in [0, 0.05) is 17.1 Å². The summed E-state index contributed by atoms with van der Waals surface area (Å²) in [7, 11) is 1.63. The molecule has 5 heteroatoms. The van der Waals surface area contributed by atoms with Crippen molar-refractivity contribution in [1.82, 2.24) is 9.88 Å². The SMILES string of the molecule is CCc1ccc2nc(C)cc(C(=O)N3CC(Oc4cccc(OC)c4)C3)c2c1. The van der Waals surface area contributed by atoms with Gasteiger partial charge in [-0.2, -0.15) is 0 Å². The zero-order valence-corrected chi connectivity index (χ0v) is 16.4. The summed E-state index contributed by atoms with van der Waals surface area (Å²) in [6, 6.07) is 15.6. The lowest BCUT2D eigenvalue weighted by Crippen LogP contribution is -2.56. The number of nitrogens with zero attached hydrogens (tertiary/aromatic N) is 2. The summed E-state index contributed by atoms with van der Waals surface area (Å²) >= 11 is 0. The minimum absolute atomic E-state index is 0.00328. The number of pyridine rings is 1. The molecule has 0 unspecified atom stereocenters. The van der Waals surface area contributed by atoms with Crippen molar-refractivity contribution in [2.45, 2.75) is 26.4 Å². The number of aromatic nitrogens is 1. The van der Waals surface area contributed by atoms with Gasteiger partial charge in [-0.25, -0.2) is 0 Å². The maximum Gasteiger partial charge on any atom is 0.254 e. The number of methoxy groups -OCH3 is 1. The summed E-state index contributed by atoms with van der Waals surface area (Å²) in [5.41, 5.74) is 3.64. The third-order valence-electron chi connectivity index (χ3n) is 5.12. The molecule has 0 spiro atoms. The highest BCUT2D eigenvalue weighted by Gasteiger charge is 2.33. The molecule has 1 saturated heterocycles. The van der Waals surface area contributed by atoms with Crippen molar-refractivity contribution in [2.24, 2.45) is 0 Å². The number of benzene rings is 2. The molecular weight excluding hydrogens is 352 g/mol. The van der Waals surface area contributed by atoms with Gasteiger partial charge in [-0.15, -0.1) is 0 Å². The van der Waals surface area contributed by atoms with Gasteiger partial charge in [0.05, 0.1) is 31.3 Å². The Morgan fingerprint density at radius 1 is 1.14 bits per heavy atom. The fourth-order valence-electron chi connectivity index (χ4n) is 3.52. The highest BCUT2D eigenvalue weighted by Crippen LogP contribution is 2.26. The number of likely N-dealkylation sites (tertiary alicyclic amines) is 1. The molecule has 28 heavy (non-hydrogen) atoms. The van der Waals surface area contributed by atoms with Crippen LogP contribution in [0.2, 0.25) is 0 Å². The van der Waals surface area contributed by atoms with Crippen molar-refractivity contribution >= 4 is 16.8 Å². The first-order valence-corrected chi connectivity index (χ1v) is 9.57. The summed E-state index contributed by atoms with van der Waals surface area (Å²) in [6.45, 7) is 5.19. The molecule has 144 valence electrons. The average Bonchev–Trinajstić information content (AvgIpc) is 2.69. The normalized spacial score (nSPS) is 14.0. The summed E-state index contributed by atoms with van der Waals surface area (Å²) < 4.78 is 11.2. The minimum Gasteiger partial charge on any atom is -0.497 e. The molecule has 4 rings (SSSR count). The van der Waals surface area contributed by atoms with E-state index in [2.05, 4.69) is 24.0 Å². The van der Waals surface area contributed by atoms with Gasteiger partial charge in [-0.1, -0.05) is 19.1 Å². The smallest absolute Gasteiger partial charge is 0.254 e. The monoisotopic (exact) mass is 376 g/mol. The van der Waals surface area contributed by atoms with Gasteiger partial charge >= 0.3 is 0 Å². The first kappa shape index (κ1) is 18.3. The van der Waals surface area contributed by atoms with Crippen molar-refractivity contribution < 1.29 is 14.3 Å². The fraction of sp³-hybridized carbons (Fsp3) is 0.304. The van der Waals surface area contributed by atoms with Gasteiger partial charge < -0.3 is 14.4 Å². The Balaban J connectivity index is 1.50. The predicted octanol–water partition coefficient (Wildman–Crippen LogP) is 4.02. The van der Waals surface area contributed by atoms with Crippen LogP contribution in [0.5, 0.6) is 11.5 Å². The van der Waals surface area contributed by atoms with Crippen molar-refractivity contribution in [3.8, 4) is 11.5 Å². The van der Waals surface area contributed by atoms with Crippen molar-refractivity contribution in [3.05, 3.63) is 65.4 Å². The number of carbonyl (C=O) groups is 1. The molecule has 0 radical (unpaired) electrons. The van der Waals surface area contributed by atoms with Crippen molar-refractivity contribution in [3.63, 3.8) is 0 Å². The van der Waals surface area contributed by atoms with E-state index in [1.54, 1.807) is 7.11 Å². The van der Waals surface area contributed by atoms with Gasteiger partial charge in [0.15, 0.2) is 0 Å². The molecular formula is C23H24N2O3. The molecule has 1 aliphatic heterocycles. The topological polar surface area (TPSA) is 51.7 Å². The Hall–Kier alpha value is -3.08. The Bertz CT molecular complexity index is 1030. The number of amides is 1. The van der Waals surface area contributed by atoms with Gasteiger partial charge in [0.25, 0.3) is 5.91 Å². The van der Waals surface area contributed by atoms with Crippen LogP contribution in [0.1, 0.15) is 28.5 Å². The third kappa shape index (κ3) is 3.52. The Morgan fingerprint density at radius 2 is 1.93 bits per heavy atom. The van der Waals surface area contributed by atoms with Gasteiger partial charge in [0.1, 0.15) is 17.6 Å². The molecule has 0 aliphatic carbocycles. The lowest BCUT2D eigenvalue weighted by atomic mass is 10.0. The van der Waals surface area contributed by atoms with E-state index in [1.165, 1.54) is 5.56 Å². The molecule has 0 N–H and O–H groups in total. The second-order valence-corrected chi connectivity index (χ2v) is 7.15. The second-order valence-electron chi connectivity index (χ2n) is 7.15. The first-order chi connectivity index (χ1) is 13.6. The Morgan fingerprint density at radius 3 is 2.68 bits per heavy atom. The Labute approximate surface area is 164 Å². The number of hydrogen-bond acceptors (Lipinski definition) is 4. The van der Waals surface area contributed by atoms with E-state index in [4.69, 9.17) is 9.47 Å². The van der Waals surface area contributed by atoms with Crippen LogP contribution in [0, 0.1) is 6.92 Å². The lowest BCUT2D eigenvalue weighted by molar-refractivity contribution is 0.0178. The van der Waals surface area contributed by atoms with Crippen LogP contribution >= 0.6 is 0 Å². The van der Waals surface area contributed by atoms with E-state index in [0.29, 0.717) is 13.1 Å². The predicted molar refractivity (Wildman–Crippen MR) is 109 cm³/mol. The highest BCUT2D eigenvalue weighted by molar-refractivity contribution is 6.06. The molecule has 1 fully saturated rings. The molecule has 1 aromatic heterocycles. The minimum atomic E-state index is -0.00328. The third-order valence-corrected chi connectivity index (χ3v) is 5.12. The molecule has 1 aliphatic rings. The number of aryl methyl sites for hydroxylation is 2. The molecule has 3 aromatic rings. The van der Waals surface area contributed by atoms with E-state index in [9.17, 15) is 4.79 Å². The zero-order chi connectivity index (χ0) is 19.7. The quantitative estimate of drug-likeness (QED) is 0.675. The largest absolute Gasteiger partial charge is 0.497 e. The zero-order valence-electron chi connectivity index (χ0n) is 16.4. The van der Waals surface area contributed by atoms with Crippen LogP contribution in [0.25, 0.3) is 10.9 Å². The number of ether oxygens (including phenoxy) is 2. The van der Waals surface area contributed by atoms with Crippen LogP contribution in [0.4, 0.5) is 0 Å². The van der Waals surface area contributed by atoms with Crippen molar-refractivity contribution in [2.75, 3.05) is 20.2 Å². The van der Waals surface area contributed by atoms with Crippen LogP contribution in [-0.2, 0) is 6.42 Å². The van der Waals surface area contributed by atoms with E-state index in [-0.39, 0.29) is 12.0 Å². The number of fused-ring (bicyclic) bond motifs is 1. The molecule has 2 aromatic carbocycles. The summed E-state index contributed by atoms with van der Waals surface area (Å²) in [4.78, 5) is 19.5. The lowest BCUT2D eigenvalue weighted by Gasteiger charge is -2.39. The molecule has 0 bridgehead atoms. The second kappa shape index (κ2) is 7.50. The van der Waals surface area contributed by atoms with E-state index in [0.717, 1.165) is 40.1 Å². The number of rotatable bonds is 5. The van der Waals surface area contributed by atoms with Crippen LogP contribution in [0.15, 0.2) is 48.5 Å². The van der Waals surface area contributed by atoms with E-state index >= 15 is 0 Å². The van der Waals surface area contributed by atoms with Gasteiger partial charge in [-0.3, -0.25) is 9.78 Å². The molecule has 2 heterocycles. The Kier molecular flexibility index (Phi) is 4.90. The maximum atomic E-state index is 13.1. The molecule has 5 nitrogen and oxygen atoms in total. The number of carbonyl (C=O) groups excluding carboxylic acids is 1. The molecule has 0 saturated carbocycles. The van der Waals surface area contributed by atoms with E-state index in [1.807, 2.05) is 48.2 Å². The molecule has 0 atom stereocenters. The van der Waals surface area contributed by atoms with Crippen LogP contribution in [0.3, 0.4) is 0 Å². The summed E-state index contributed by atoms with van der Waals surface area (Å²) in [5, 5.41) is 0.923. The first-order valence-electron chi connectivity index (χ1n) is 9.57. The molecule has 1 amide bonds. The highest BCUT2D eigenvalue weighted by atomic mass is 16.5. The van der Waals surface area contributed by atoms with Crippen LogP contribution < -0.4 is 9.47 Å². The van der Waals surface area contributed by atoms with Crippen LogP contribution in [-0.4, -0.2) is 42.1 Å². The van der Waals surface area contributed by atoms with E-state index < -0.39 is 0 Å². The fourth-order valence-corrected chi connectivity index (χ4v) is 3.52. The summed E-state index contributed by atoms with van der Waals surface area (Å²) in [5.74, 6) is 1.55. The maximum absolute atomic E-state index is 13.1.